The predicted octanol–water partition coefficient (Wildman–Crippen LogP) is 1.65. The van der Waals surface area contributed by atoms with Gasteiger partial charge >= 0.3 is 6.61 Å². The van der Waals surface area contributed by atoms with Crippen molar-refractivity contribution in [2.24, 2.45) is 0 Å². The summed E-state index contributed by atoms with van der Waals surface area (Å²) in [5.41, 5.74) is 0.102. The first-order chi connectivity index (χ1) is 7.18. The summed E-state index contributed by atoms with van der Waals surface area (Å²) in [5, 5.41) is 0.348. The van der Waals surface area contributed by atoms with Crippen LogP contribution in [0.15, 0.2) is 41.3 Å². The van der Waals surface area contributed by atoms with Crippen LogP contribution < -0.4 is 10.3 Å². The van der Waals surface area contributed by atoms with Gasteiger partial charge in [0, 0.05) is 17.6 Å². The molecule has 0 aliphatic heterocycles. The van der Waals surface area contributed by atoms with Crippen LogP contribution >= 0.6 is 0 Å². The molecular weight excluding hydrogens is 204 g/mol. The van der Waals surface area contributed by atoms with Crippen LogP contribution in [0.1, 0.15) is 0 Å². The topological polar surface area (TPSA) is 31.2 Å². The smallest absolute Gasteiger partial charge is 0.344 e. The molecule has 0 spiro atoms. The molecule has 78 valence electrons. The van der Waals surface area contributed by atoms with Crippen molar-refractivity contribution >= 4 is 10.9 Å². The van der Waals surface area contributed by atoms with E-state index >= 15 is 0 Å². The Hall–Kier alpha value is -1.91. The summed E-state index contributed by atoms with van der Waals surface area (Å²) in [4.78, 5) is 15.6. The Bertz CT molecular complexity index is 536. The third-order valence-corrected chi connectivity index (χ3v) is 1.96. The number of alkyl halides is 2. The first-order valence-electron chi connectivity index (χ1n) is 4.24. The van der Waals surface area contributed by atoms with Crippen molar-refractivity contribution in [1.82, 2.24) is 4.73 Å². The van der Waals surface area contributed by atoms with Crippen molar-refractivity contribution in [1.29, 1.82) is 0 Å². The Morgan fingerprint density at radius 1 is 1.20 bits per heavy atom. The lowest BCUT2D eigenvalue weighted by Crippen LogP contribution is -2.19. The van der Waals surface area contributed by atoms with Crippen molar-refractivity contribution in [3.05, 3.63) is 46.8 Å². The minimum Gasteiger partial charge on any atom is -0.344 e. The average Bonchev–Trinajstić information content (AvgIpc) is 2.22. The van der Waals surface area contributed by atoms with Gasteiger partial charge in [-0.05, 0) is 12.1 Å². The Labute approximate surface area is 83.5 Å². The molecule has 0 atom stereocenters. The highest BCUT2D eigenvalue weighted by Crippen LogP contribution is 2.08. The second-order valence-corrected chi connectivity index (χ2v) is 2.89. The molecule has 0 N–H and O–H groups in total. The van der Waals surface area contributed by atoms with Gasteiger partial charge in [-0.3, -0.25) is 4.79 Å². The fourth-order valence-corrected chi connectivity index (χ4v) is 1.36. The molecule has 0 saturated heterocycles. The van der Waals surface area contributed by atoms with E-state index in [9.17, 15) is 13.6 Å². The van der Waals surface area contributed by atoms with Crippen LogP contribution in [0.2, 0.25) is 0 Å². The number of hydrogen-bond donors (Lipinski definition) is 0. The lowest BCUT2D eigenvalue weighted by Gasteiger charge is -2.10. The lowest BCUT2D eigenvalue weighted by molar-refractivity contribution is -0.129. The summed E-state index contributed by atoms with van der Waals surface area (Å²) in [6.07, 6.45) is 1.18. The van der Waals surface area contributed by atoms with Gasteiger partial charge in [0.15, 0.2) is 5.43 Å². The number of halogens is 2. The Kier molecular flexibility index (Phi) is 2.37. The Morgan fingerprint density at radius 2 is 1.93 bits per heavy atom. The summed E-state index contributed by atoms with van der Waals surface area (Å²) in [5.74, 6) is 0. The summed E-state index contributed by atoms with van der Waals surface area (Å²) < 4.78 is 24.9. The van der Waals surface area contributed by atoms with Crippen LogP contribution in [-0.4, -0.2) is 11.3 Å². The number of pyridine rings is 1. The molecule has 0 saturated carbocycles. The van der Waals surface area contributed by atoms with Gasteiger partial charge in [-0.15, -0.1) is 0 Å². The zero-order chi connectivity index (χ0) is 10.8. The van der Waals surface area contributed by atoms with Crippen molar-refractivity contribution in [3.8, 4) is 0 Å². The summed E-state index contributed by atoms with van der Waals surface area (Å²) in [6.45, 7) is -2.92. The van der Waals surface area contributed by atoms with Crippen molar-refractivity contribution in [2.75, 3.05) is 0 Å². The number of para-hydroxylation sites is 1. The van der Waals surface area contributed by atoms with E-state index in [2.05, 4.69) is 4.84 Å². The molecule has 0 amide bonds. The molecule has 15 heavy (non-hydrogen) atoms. The van der Waals surface area contributed by atoms with Crippen molar-refractivity contribution in [2.45, 2.75) is 6.61 Å². The van der Waals surface area contributed by atoms with E-state index in [-0.39, 0.29) is 5.43 Å². The fourth-order valence-electron chi connectivity index (χ4n) is 1.36. The molecular formula is C10H7F2NO2. The Morgan fingerprint density at radius 3 is 2.67 bits per heavy atom. The number of nitrogens with zero attached hydrogens (tertiary/aromatic N) is 1. The molecule has 1 heterocycles. The van der Waals surface area contributed by atoms with Gasteiger partial charge < -0.3 is 4.84 Å². The second kappa shape index (κ2) is 3.68. The van der Waals surface area contributed by atoms with E-state index in [1.54, 1.807) is 24.3 Å². The number of aromatic nitrogens is 1. The Balaban J connectivity index is 2.66. The van der Waals surface area contributed by atoms with E-state index < -0.39 is 6.61 Å². The molecule has 0 aliphatic carbocycles. The van der Waals surface area contributed by atoms with Crippen LogP contribution in [0, 0.1) is 0 Å². The monoisotopic (exact) mass is 211 g/mol. The van der Waals surface area contributed by atoms with Gasteiger partial charge in [-0.1, -0.05) is 12.1 Å². The second-order valence-electron chi connectivity index (χ2n) is 2.89. The fraction of sp³-hybridized carbons (Fsp3) is 0.100. The zero-order valence-corrected chi connectivity index (χ0v) is 7.56. The molecule has 0 aliphatic rings. The molecule has 0 fully saturated rings. The maximum Gasteiger partial charge on any atom is 0.405 e. The van der Waals surface area contributed by atoms with Crippen molar-refractivity contribution < 1.29 is 13.6 Å². The summed E-state index contributed by atoms with van der Waals surface area (Å²) in [6, 6.07) is 7.59. The molecule has 1 aromatic carbocycles. The van der Waals surface area contributed by atoms with Gasteiger partial charge in [-0.2, -0.15) is 13.5 Å². The minimum atomic E-state index is -2.92. The van der Waals surface area contributed by atoms with Crippen molar-refractivity contribution in [3.63, 3.8) is 0 Å². The summed E-state index contributed by atoms with van der Waals surface area (Å²) >= 11 is 0. The van der Waals surface area contributed by atoms with Crippen LogP contribution in [0.25, 0.3) is 10.9 Å². The van der Waals surface area contributed by atoms with Crippen LogP contribution in [0.3, 0.4) is 0 Å². The largest absolute Gasteiger partial charge is 0.405 e. The van der Waals surface area contributed by atoms with Gasteiger partial charge in [0.05, 0.1) is 5.52 Å². The number of benzene rings is 1. The highest BCUT2D eigenvalue weighted by molar-refractivity contribution is 5.78. The molecule has 2 rings (SSSR count). The third kappa shape index (κ3) is 1.81. The van der Waals surface area contributed by atoms with E-state index in [0.29, 0.717) is 10.9 Å². The van der Waals surface area contributed by atoms with Gasteiger partial charge in [0.25, 0.3) is 0 Å². The molecule has 0 unspecified atom stereocenters. The maximum absolute atomic E-state index is 12.0. The standard InChI is InChI=1S/C10H7F2NO2/c11-10(12)15-13-6-5-9(14)7-3-1-2-4-8(7)13/h1-6,10H. The number of rotatable bonds is 2. The molecule has 5 heteroatoms. The van der Waals surface area contributed by atoms with E-state index in [4.69, 9.17) is 0 Å². The maximum atomic E-state index is 12.0. The van der Waals surface area contributed by atoms with Crippen LogP contribution in [0.5, 0.6) is 0 Å². The number of hydrogen-bond acceptors (Lipinski definition) is 2. The SMILES string of the molecule is O=c1ccn(OC(F)F)c2ccccc12. The first-order valence-corrected chi connectivity index (χ1v) is 4.24. The summed E-state index contributed by atoms with van der Waals surface area (Å²) in [7, 11) is 0. The van der Waals surface area contributed by atoms with Crippen LogP contribution in [-0.2, 0) is 0 Å². The highest BCUT2D eigenvalue weighted by Gasteiger charge is 2.06. The third-order valence-electron chi connectivity index (χ3n) is 1.96. The van der Waals surface area contributed by atoms with Gasteiger partial charge in [-0.25, -0.2) is 0 Å². The highest BCUT2D eigenvalue weighted by atomic mass is 19.3. The van der Waals surface area contributed by atoms with E-state index in [0.717, 1.165) is 4.73 Å². The first kappa shape index (κ1) is 9.64. The molecule has 3 nitrogen and oxygen atoms in total. The molecule has 2 aromatic rings. The normalized spacial score (nSPS) is 10.9. The number of fused-ring (bicyclic) bond motifs is 1. The quantitative estimate of drug-likeness (QED) is 0.756. The molecule has 0 bridgehead atoms. The van der Waals surface area contributed by atoms with E-state index in [1.807, 2.05) is 0 Å². The minimum absolute atomic E-state index is 0.222. The van der Waals surface area contributed by atoms with E-state index in [1.165, 1.54) is 12.3 Å². The average molecular weight is 211 g/mol. The lowest BCUT2D eigenvalue weighted by atomic mass is 10.2. The molecule has 1 aromatic heterocycles. The van der Waals surface area contributed by atoms with Crippen LogP contribution in [0.4, 0.5) is 8.78 Å². The predicted molar refractivity (Wildman–Crippen MR) is 50.8 cm³/mol. The molecule has 0 radical (unpaired) electrons. The van der Waals surface area contributed by atoms with Gasteiger partial charge in [0.1, 0.15) is 0 Å². The zero-order valence-electron chi connectivity index (χ0n) is 7.56. The van der Waals surface area contributed by atoms with Gasteiger partial charge in [0.2, 0.25) is 0 Å².